The zero-order valence-corrected chi connectivity index (χ0v) is 19.1. The lowest BCUT2D eigenvalue weighted by Crippen LogP contribution is -2.14. The highest BCUT2D eigenvalue weighted by Crippen LogP contribution is 2.36. The van der Waals surface area contributed by atoms with E-state index < -0.39 is 5.97 Å². The van der Waals surface area contributed by atoms with Gasteiger partial charge in [-0.25, -0.2) is 4.79 Å². The molecule has 0 aliphatic heterocycles. The Morgan fingerprint density at radius 2 is 1.03 bits per heavy atom. The second-order valence-corrected chi connectivity index (χ2v) is 8.38. The van der Waals surface area contributed by atoms with Gasteiger partial charge in [0.05, 0.1) is 5.56 Å². The molecule has 0 bridgehead atoms. The van der Waals surface area contributed by atoms with E-state index >= 15 is 0 Å². The Morgan fingerprint density at radius 1 is 0.645 bits per heavy atom. The Labute approximate surface area is 185 Å². The molecule has 3 aromatic rings. The van der Waals surface area contributed by atoms with Crippen molar-refractivity contribution < 1.29 is 9.90 Å². The van der Waals surface area contributed by atoms with Crippen molar-refractivity contribution in [2.75, 3.05) is 57.0 Å². The summed E-state index contributed by atoms with van der Waals surface area (Å²) in [5, 5.41) is 10.0. The summed E-state index contributed by atoms with van der Waals surface area (Å²) in [6.45, 7) is 0. The van der Waals surface area contributed by atoms with E-state index in [0.717, 1.165) is 33.8 Å². The minimum absolute atomic E-state index is 0.185. The van der Waals surface area contributed by atoms with Gasteiger partial charge >= 0.3 is 5.97 Å². The first-order chi connectivity index (χ1) is 14.7. The Bertz CT molecular complexity index is 988. The number of aromatic carboxylic acids is 1. The smallest absolute Gasteiger partial charge is 0.336 e. The molecule has 0 atom stereocenters. The predicted molar refractivity (Wildman–Crippen MR) is 130 cm³/mol. The molecule has 5 nitrogen and oxygen atoms in total. The quantitative estimate of drug-likeness (QED) is 0.562. The zero-order valence-electron chi connectivity index (χ0n) is 19.1. The van der Waals surface area contributed by atoms with Crippen LogP contribution in [0, 0.1) is 0 Å². The lowest BCUT2D eigenvalue weighted by atomic mass is 9.82. The molecule has 0 aliphatic carbocycles. The van der Waals surface area contributed by atoms with E-state index in [1.165, 1.54) is 0 Å². The van der Waals surface area contributed by atoms with Gasteiger partial charge in [-0.1, -0.05) is 30.3 Å². The highest BCUT2D eigenvalue weighted by Gasteiger charge is 2.23. The summed E-state index contributed by atoms with van der Waals surface area (Å²) in [6.07, 6.45) is 0. The Kier molecular flexibility index (Phi) is 6.54. The SMILES string of the molecule is CN(C)c1ccc(C(c2ccc(N(C)C)cc2)c2ccc(N(C)C)cc2C(=O)O)cc1. The standard InChI is InChI=1S/C26H31N3O2/c1-27(2)20-11-7-18(8-12-20)25(19-9-13-21(14-10-19)28(3)4)23-16-15-22(29(5)6)17-24(23)26(30)31/h7-17,25H,1-6H3,(H,30,31). The molecule has 3 rings (SSSR count). The molecular weight excluding hydrogens is 386 g/mol. The van der Waals surface area contributed by atoms with Gasteiger partial charge in [0, 0.05) is 65.3 Å². The fourth-order valence-corrected chi connectivity index (χ4v) is 3.74. The van der Waals surface area contributed by atoms with Gasteiger partial charge in [0.2, 0.25) is 0 Å². The summed E-state index contributed by atoms with van der Waals surface area (Å²) in [6, 6.07) is 22.3. The van der Waals surface area contributed by atoms with Crippen LogP contribution in [0.1, 0.15) is 33.0 Å². The number of carboxylic acid groups (broad SMARTS) is 1. The monoisotopic (exact) mass is 417 g/mol. The third-order valence-corrected chi connectivity index (χ3v) is 5.58. The van der Waals surface area contributed by atoms with E-state index in [4.69, 9.17) is 0 Å². The fraction of sp³-hybridized carbons (Fsp3) is 0.269. The van der Waals surface area contributed by atoms with E-state index in [0.29, 0.717) is 5.56 Å². The third kappa shape index (κ3) is 4.82. The molecule has 0 aliphatic rings. The number of benzene rings is 3. The van der Waals surface area contributed by atoms with Crippen LogP contribution in [0.25, 0.3) is 0 Å². The summed E-state index contributed by atoms with van der Waals surface area (Å²) in [4.78, 5) is 18.2. The van der Waals surface area contributed by atoms with Gasteiger partial charge < -0.3 is 19.8 Å². The van der Waals surface area contributed by atoms with Crippen molar-refractivity contribution in [3.63, 3.8) is 0 Å². The molecular formula is C26H31N3O2. The second-order valence-electron chi connectivity index (χ2n) is 8.38. The van der Waals surface area contributed by atoms with E-state index in [2.05, 4.69) is 58.3 Å². The lowest BCUT2D eigenvalue weighted by Gasteiger charge is -2.24. The normalized spacial score (nSPS) is 10.8. The molecule has 0 radical (unpaired) electrons. The van der Waals surface area contributed by atoms with Crippen LogP contribution >= 0.6 is 0 Å². The van der Waals surface area contributed by atoms with Crippen LogP contribution < -0.4 is 14.7 Å². The number of nitrogens with zero attached hydrogens (tertiary/aromatic N) is 3. The topological polar surface area (TPSA) is 47.0 Å². The highest BCUT2D eigenvalue weighted by molar-refractivity contribution is 5.91. The molecule has 162 valence electrons. The number of rotatable bonds is 7. The summed E-state index contributed by atoms with van der Waals surface area (Å²) >= 11 is 0. The van der Waals surface area contributed by atoms with Gasteiger partial charge in [-0.3, -0.25) is 0 Å². The first-order valence-corrected chi connectivity index (χ1v) is 10.3. The molecule has 0 saturated heterocycles. The van der Waals surface area contributed by atoms with Gasteiger partial charge in [0.1, 0.15) is 0 Å². The molecule has 0 spiro atoms. The molecule has 0 heterocycles. The van der Waals surface area contributed by atoms with Crippen LogP contribution in [-0.2, 0) is 0 Å². The Balaban J connectivity index is 2.19. The highest BCUT2D eigenvalue weighted by atomic mass is 16.4. The van der Waals surface area contributed by atoms with Crippen LogP contribution in [0.3, 0.4) is 0 Å². The summed E-state index contributed by atoms with van der Waals surface area (Å²) in [5.74, 6) is -1.10. The molecule has 0 fully saturated rings. The fourth-order valence-electron chi connectivity index (χ4n) is 3.74. The first-order valence-electron chi connectivity index (χ1n) is 10.3. The van der Waals surface area contributed by atoms with Gasteiger partial charge in [-0.2, -0.15) is 0 Å². The Morgan fingerprint density at radius 3 is 1.39 bits per heavy atom. The van der Waals surface area contributed by atoms with Gasteiger partial charge in [0.25, 0.3) is 0 Å². The lowest BCUT2D eigenvalue weighted by molar-refractivity contribution is 0.0695. The molecule has 0 aromatic heterocycles. The van der Waals surface area contributed by atoms with Crippen LogP contribution in [0.5, 0.6) is 0 Å². The molecule has 0 amide bonds. The van der Waals surface area contributed by atoms with Crippen LogP contribution in [0.4, 0.5) is 17.1 Å². The number of carbonyl (C=O) groups is 1. The van der Waals surface area contributed by atoms with Crippen molar-refractivity contribution in [2.24, 2.45) is 0 Å². The van der Waals surface area contributed by atoms with E-state index in [-0.39, 0.29) is 5.92 Å². The largest absolute Gasteiger partial charge is 0.478 e. The maximum atomic E-state index is 12.2. The predicted octanol–water partition coefficient (Wildman–Crippen LogP) is 4.76. The number of hydrogen-bond donors (Lipinski definition) is 1. The van der Waals surface area contributed by atoms with Crippen molar-refractivity contribution in [3.8, 4) is 0 Å². The minimum Gasteiger partial charge on any atom is -0.478 e. The van der Waals surface area contributed by atoms with Crippen molar-refractivity contribution in [1.82, 2.24) is 0 Å². The van der Waals surface area contributed by atoms with Crippen LogP contribution in [0.2, 0.25) is 0 Å². The van der Waals surface area contributed by atoms with E-state index in [9.17, 15) is 9.90 Å². The van der Waals surface area contributed by atoms with Crippen LogP contribution in [-0.4, -0.2) is 53.4 Å². The third-order valence-electron chi connectivity index (χ3n) is 5.58. The van der Waals surface area contributed by atoms with Crippen molar-refractivity contribution >= 4 is 23.0 Å². The maximum absolute atomic E-state index is 12.2. The number of anilines is 3. The summed E-state index contributed by atoms with van der Waals surface area (Å²) < 4.78 is 0. The van der Waals surface area contributed by atoms with Gasteiger partial charge in [-0.15, -0.1) is 0 Å². The number of carboxylic acids is 1. The first kappa shape index (κ1) is 22.2. The molecule has 0 saturated carbocycles. The van der Waals surface area contributed by atoms with Gasteiger partial charge in [-0.05, 0) is 53.1 Å². The van der Waals surface area contributed by atoms with Crippen LogP contribution in [0.15, 0.2) is 66.7 Å². The molecule has 1 N–H and O–H groups in total. The average molecular weight is 418 g/mol. The molecule has 31 heavy (non-hydrogen) atoms. The molecule has 5 heteroatoms. The second kappa shape index (κ2) is 9.13. The van der Waals surface area contributed by atoms with Crippen molar-refractivity contribution in [3.05, 3.63) is 89.0 Å². The summed E-state index contributed by atoms with van der Waals surface area (Å²) in [5.41, 5.74) is 6.30. The van der Waals surface area contributed by atoms with Crippen molar-refractivity contribution in [2.45, 2.75) is 5.92 Å². The molecule has 0 unspecified atom stereocenters. The van der Waals surface area contributed by atoms with Crippen molar-refractivity contribution in [1.29, 1.82) is 0 Å². The molecule has 3 aromatic carbocycles. The maximum Gasteiger partial charge on any atom is 0.336 e. The average Bonchev–Trinajstić information content (AvgIpc) is 2.74. The Hall–Kier alpha value is -3.47. The van der Waals surface area contributed by atoms with Gasteiger partial charge in [0.15, 0.2) is 0 Å². The van der Waals surface area contributed by atoms with E-state index in [1.54, 1.807) is 6.07 Å². The summed E-state index contributed by atoms with van der Waals surface area (Å²) in [7, 11) is 11.9. The zero-order chi connectivity index (χ0) is 22.7. The van der Waals surface area contributed by atoms with E-state index in [1.807, 2.05) is 59.3 Å². The number of hydrogen-bond acceptors (Lipinski definition) is 4. The minimum atomic E-state index is -0.918.